The Kier molecular flexibility index (Phi) is 3.83. The highest BCUT2D eigenvalue weighted by Gasteiger charge is 2.12. The molecule has 0 bridgehead atoms. The number of carboxylic acids is 1. The molecule has 0 aliphatic carbocycles. The molecule has 0 saturated carbocycles. The molecule has 0 aromatic carbocycles. The van der Waals surface area contributed by atoms with E-state index in [9.17, 15) is 4.79 Å². The van der Waals surface area contributed by atoms with Crippen LogP contribution in [0.1, 0.15) is 15.2 Å². The van der Waals surface area contributed by atoms with Crippen LogP contribution in [0.15, 0.2) is 28.2 Å². The Morgan fingerprint density at radius 2 is 2.39 bits per heavy atom. The zero-order valence-electron chi connectivity index (χ0n) is 9.18. The first kappa shape index (κ1) is 12.8. The summed E-state index contributed by atoms with van der Waals surface area (Å²) in [6, 6.07) is 3.33. The van der Waals surface area contributed by atoms with Crippen molar-refractivity contribution >= 4 is 44.7 Å². The molecule has 0 spiro atoms. The van der Waals surface area contributed by atoms with Crippen molar-refractivity contribution in [2.45, 2.75) is 6.54 Å². The van der Waals surface area contributed by atoms with Gasteiger partial charge in [0.25, 0.3) is 0 Å². The highest BCUT2D eigenvalue weighted by molar-refractivity contribution is 9.10. The molecule has 2 heterocycles. The Bertz CT molecular complexity index is 585. The van der Waals surface area contributed by atoms with Gasteiger partial charge >= 0.3 is 5.97 Å². The average molecular weight is 328 g/mol. The molecular formula is C11H10BrN3O2S. The third-order valence-corrected chi connectivity index (χ3v) is 4.17. The summed E-state index contributed by atoms with van der Waals surface area (Å²) < 4.78 is 0.993. The number of carbonyl (C=O) groups is 1. The van der Waals surface area contributed by atoms with Crippen LogP contribution in [0, 0.1) is 0 Å². The summed E-state index contributed by atoms with van der Waals surface area (Å²) >= 11 is 4.99. The van der Waals surface area contributed by atoms with Gasteiger partial charge < -0.3 is 16.2 Å². The molecular weight excluding hydrogens is 318 g/mol. The van der Waals surface area contributed by atoms with Crippen LogP contribution < -0.4 is 11.1 Å². The number of nitrogens with zero attached hydrogens (tertiary/aromatic N) is 1. The van der Waals surface area contributed by atoms with Gasteiger partial charge in [-0.3, -0.25) is 0 Å². The number of pyridine rings is 1. The van der Waals surface area contributed by atoms with E-state index >= 15 is 0 Å². The van der Waals surface area contributed by atoms with E-state index in [2.05, 4.69) is 26.2 Å². The molecule has 0 saturated heterocycles. The lowest BCUT2D eigenvalue weighted by molar-refractivity contribution is 0.0697. The summed E-state index contributed by atoms with van der Waals surface area (Å²) in [5, 5.41) is 14.0. The summed E-state index contributed by atoms with van der Waals surface area (Å²) in [6.07, 6.45) is 1.43. The second-order valence-corrected chi connectivity index (χ2v) is 5.37. The van der Waals surface area contributed by atoms with E-state index < -0.39 is 5.97 Å². The Labute approximate surface area is 116 Å². The Morgan fingerprint density at radius 3 is 3.00 bits per heavy atom. The van der Waals surface area contributed by atoms with Crippen LogP contribution in [-0.4, -0.2) is 16.1 Å². The number of nitrogens with two attached hydrogens (primary N) is 1. The summed E-state index contributed by atoms with van der Waals surface area (Å²) in [5.41, 5.74) is 5.92. The van der Waals surface area contributed by atoms with E-state index in [1.54, 1.807) is 11.3 Å². The van der Waals surface area contributed by atoms with E-state index in [-0.39, 0.29) is 5.56 Å². The highest BCUT2D eigenvalue weighted by Crippen LogP contribution is 2.24. The number of aromatic carboxylic acids is 1. The van der Waals surface area contributed by atoms with Crippen molar-refractivity contribution in [3.05, 3.63) is 38.6 Å². The van der Waals surface area contributed by atoms with Crippen molar-refractivity contribution < 1.29 is 9.90 Å². The zero-order valence-corrected chi connectivity index (χ0v) is 11.6. The minimum absolute atomic E-state index is 0.0719. The minimum Gasteiger partial charge on any atom is -0.478 e. The number of thiophene rings is 1. The fourth-order valence-electron chi connectivity index (χ4n) is 1.40. The molecule has 0 radical (unpaired) electrons. The lowest BCUT2D eigenvalue weighted by Crippen LogP contribution is -2.08. The standard InChI is InChI=1S/C11H10BrN3O2S/c12-8-1-2-18-9(8)5-15-10-7(11(16)17)3-6(13)4-14-10/h1-4H,5,13H2,(H,14,15)(H,16,17). The first-order chi connectivity index (χ1) is 8.58. The van der Waals surface area contributed by atoms with Crippen LogP contribution in [0.4, 0.5) is 11.5 Å². The number of hydrogen-bond donors (Lipinski definition) is 3. The fourth-order valence-corrected chi connectivity index (χ4v) is 2.83. The van der Waals surface area contributed by atoms with Gasteiger partial charge in [-0.15, -0.1) is 11.3 Å². The Morgan fingerprint density at radius 1 is 1.61 bits per heavy atom. The lowest BCUT2D eigenvalue weighted by atomic mass is 10.2. The van der Waals surface area contributed by atoms with Gasteiger partial charge in [0.1, 0.15) is 11.4 Å². The molecule has 18 heavy (non-hydrogen) atoms. The van der Waals surface area contributed by atoms with Crippen molar-refractivity contribution in [2.24, 2.45) is 0 Å². The predicted octanol–water partition coefficient (Wildman–Crippen LogP) is 2.80. The van der Waals surface area contributed by atoms with Crippen LogP contribution in [0.5, 0.6) is 0 Å². The maximum absolute atomic E-state index is 11.1. The monoisotopic (exact) mass is 327 g/mol. The maximum atomic E-state index is 11.1. The normalized spacial score (nSPS) is 10.3. The van der Waals surface area contributed by atoms with Gasteiger partial charge in [-0.05, 0) is 33.4 Å². The van der Waals surface area contributed by atoms with E-state index in [0.29, 0.717) is 18.1 Å². The zero-order chi connectivity index (χ0) is 13.1. The molecule has 0 atom stereocenters. The van der Waals surface area contributed by atoms with Crippen molar-refractivity contribution in [2.75, 3.05) is 11.1 Å². The molecule has 0 unspecified atom stereocenters. The molecule has 0 fully saturated rings. The molecule has 4 N–H and O–H groups in total. The van der Waals surface area contributed by atoms with Crippen LogP contribution in [0.2, 0.25) is 0 Å². The quantitative estimate of drug-likeness (QED) is 0.803. The van der Waals surface area contributed by atoms with Crippen molar-refractivity contribution in [1.82, 2.24) is 4.98 Å². The number of rotatable bonds is 4. The van der Waals surface area contributed by atoms with Crippen LogP contribution in [0.3, 0.4) is 0 Å². The number of hydrogen-bond acceptors (Lipinski definition) is 5. The van der Waals surface area contributed by atoms with Gasteiger partial charge in [0, 0.05) is 9.35 Å². The van der Waals surface area contributed by atoms with Crippen LogP contribution in [0.25, 0.3) is 0 Å². The molecule has 5 nitrogen and oxygen atoms in total. The van der Waals surface area contributed by atoms with Crippen molar-refractivity contribution in [3.8, 4) is 0 Å². The third-order valence-electron chi connectivity index (χ3n) is 2.25. The lowest BCUT2D eigenvalue weighted by Gasteiger charge is -2.08. The molecule has 2 aromatic heterocycles. The summed E-state index contributed by atoms with van der Waals surface area (Å²) in [4.78, 5) is 16.1. The highest BCUT2D eigenvalue weighted by atomic mass is 79.9. The van der Waals surface area contributed by atoms with Gasteiger partial charge in [0.15, 0.2) is 0 Å². The number of carboxylic acid groups (broad SMARTS) is 1. The SMILES string of the molecule is Nc1cnc(NCc2sccc2Br)c(C(=O)O)c1. The van der Waals surface area contributed by atoms with Crippen molar-refractivity contribution in [1.29, 1.82) is 0 Å². The number of nitrogens with one attached hydrogen (secondary N) is 1. The maximum Gasteiger partial charge on any atom is 0.339 e. The van der Waals surface area contributed by atoms with Gasteiger partial charge in [-0.25, -0.2) is 9.78 Å². The summed E-state index contributed by atoms with van der Waals surface area (Å²) in [5.74, 6) is -0.737. The molecule has 2 aromatic rings. The van der Waals surface area contributed by atoms with E-state index in [1.807, 2.05) is 11.4 Å². The number of halogens is 1. The van der Waals surface area contributed by atoms with E-state index in [4.69, 9.17) is 10.8 Å². The molecule has 0 amide bonds. The molecule has 0 aliphatic rings. The number of aromatic nitrogens is 1. The minimum atomic E-state index is -1.05. The number of anilines is 2. The first-order valence-electron chi connectivity index (χ1n) is 5.02. The van der Waals surface area contributed by atoms with E-state index in [1.165, 1.54) is 12.3 Å². The number of nitrogen functional groups attached to an aromatic ring is 1. The fraction of sp³-hybridized carbons (Fsp3) is 0.0909. The Hall–Kier alpha value is -1.60. The van der Waals surface area contributed by atoms with Gasteiger partial charge in [-0.2, -0.15) is 0 Å². The predicted molar refractivity (Wildman–Crippen MR) is 75.0 cm³/mol. The topological polar surface area (TPSA) is 88.2 Å². The van der Waals surface area contributed by atoms with Gasteiger partial charge in [-0.1, -0.05) is 0 Å². The molecule has 0 aliphatic heterocycles. The van der Waals surface area contributed by atoms with Gasteiger partial charge in [0.05, 0.1) is 18.4 Å². The van der Waals surface area contributed by atoms with Crippen LogP contribution in [-0.2, 0) is 6.54 Å². The molecule has 2 rings (SSSR count). The second-order valence-electron chi connectivity index (χ2n) is 3.52. The summed E-state index contributed by atoms with van der Waals surface area (Å²) in [6.45, 7) is 0.509. The smallest absolute Gasteiger partial charge is 0.339 e. The van der Waals surface area contributed by atoms with Crippen molar-refractivity contribution in [3.63, 3.8) is 0 Å². The molecule has 94 valence electrons. The molecule has 7 heteroatoms. The largest absolute Gasteiger partial charge is 0.478 e. The average Bonchev–Trinajstić information content (AvgIpc) is 2.73. The third kappa shape index (κ3) is 2.80. The van der Waals surface area contributed by atoms with E-state index in [0.717, 1.165) is 9.35 Å². The Balaban J connectivity index is 2.19. The van der Waals surface area contributed by atoms with Crippen LogP contribution >= 0.6 is 27.3 Å². The second kappa shape index (κ2) is 5.36. The summed E-state index contributed by atoms with van der Waals surface area (Å²) in [7, 11) is 0. The van der Waals surface area contributed by atoms with Gasteiger partial charge in [0.2, 0.25) is 0 Å². The first-order valence-corrected chi connectivity index (χ1v) is 6.69.